The fourth-order valence-electron chi connectivity index (χ4n) is 2.79. The molecule has 20 heavy (non-hydrogen) atoms. The van der Waals surface area contributed by atoms with Crippen LogP contribution in [-0.2, 0) is 4.74 Å². The van der Waals surface area contributed by atoms with Gasteiger partial charge in [0.25, 0.3) is 0 Å². The van der Waals surface area contributed by atoms with E-state index < -0.39 is 0 Å². The highest BCUT2D eigenvalue weighted by atomic mass is 32.1. The summed E-state index contributed by atoms with van der Waals surface area (Å²) >= 11 is 1.68. The predicted octanol–water partition coefficient (Wildman–Crippen LogP) is 4.18. The van der Waals surface area contributed by atoms with Crippen molar-refractivity contribution in [2.24, 2.45) is 0 Å². The van der Waals surface area contributed by atoms with Crippen LogP contribution < -0.4 is 5.32 Å². The van der Waals surface area contributed by atoms with Crippen LogP contribution in [0.3, 0.4) is 0 Å². The van der Waals surface area contributed by atoms with Gasteiger partial charge < -0.3 is 10.1 Å². The van der Waals surface area contributed by atoms with Gasteiger partial charge in [0.2, 0.25) is 0 Å². The summed E-state index contributed by atoms with van der Waals surface area (Å²) in [6.07, 6.45) is 6.97. The minimum Gasteiger partial charge on any atom is -0.382 e. The summed E-state index contributed by atoms with van der Waals surface area (Å²) in [5, 5.41) is 6.74. The van der Waals surface area contributed by atoms with E-state index in [0.29, 0.717) is 12.1 Å². The molecular formula is C16H20N2OS. The minimum atomic E-state index is 0.453. The van der Waals surface area contributed by atoms with E-state index in [-0.39, 0.29) is 0 Å². The minimum absolute atomic E-state index is 0.453. The van der Waals surface area contributed by atoms with Crippen LogP contribution in [0.25, 0.3) is 10.6 Å². The van der Waals surface area contributed by atoms with E-state index in [4.69, 9.17) is 4.74 Å². The van der Waals surface area contributed by atoms with Crippen molar-refractivity contribution in [1.29, 1.82) is 0 Å². The standard InChI is InChI=1S/C16H20N2OS/c1-19-15-7-5-13(6-8-15)18-14-4-2-3-12(11-14)16-17-9-10-20-16/h2-4,9-11,13,15,18H,5-8H2,1H3. The topological polar surface area (TPSA) is 34.1 Å². The molecule has 0 bridgehead atoms. The third kappa shape index (κ3) is 3.19. The molecule has 3 rings (SSSR count). The third-order valence-corrected chi connectivity index (χ3v) is 4.74. The number of benzene rings is 1. The Bertz CT molecular complexity index is 533. The Kier molecular flexibility index (Phi) is 4.33. The lowest BCUT2D eigenvalue weighted by Gasteiger charge is -2.29. The van der Waals surface area contributed by atoms with Gasteiger partial charge in [0, 0.05) is 36.0 Å². The maximum absolute atomic E-state index is 5.42. The zero-order valence-electron chi connectivity index (χ0n) is 11.7. The van der Waals surface area contributed by atoms with Crippen molar-refractivity contribution in [3.05, 3.63) is 35.8 Å². The summed E-state index contributed by atoms with van der Waals surface area (Å²) in [7, 11) is 1.82. The Labute approximate surface area is 124 Å². The van der Waals surface area contributed by atoms with Gasteiger partial charge in [-0.25, -0.2) is 4.98 Å². The number of nitrogens with one attached hydrogen (secondary N) is 1. The van der Waals surface area contributed by atoms with Crippen molar-refractivity contribution in [3.63, 3.8) is 0 Å². The van der Waals surface area contributed by atoms with Gasteiger partial charge >= 0.3 is 0 Å². The molecule has 0 radical (unpaired) electrons. The number of anilines is 1. The van der Waals surface area contributed by atoms with E-state index in [1.807, 2.05) is 18.7 Å². The van der Waals surface area contributed by atoms with E-state index in [0.717, 1.165) is 17.8 Å². The number of aromatic nitrogens is 1. The highest BCUT2D eigenvalue weighted by molar-refractivity contribution is 7.13. The van der Waals surface area contributed by atoms with Crippen LogP contribution in [0.15, 0.2) is 35.8 Å². The molecule has 1 fully saturated rings. The molecule has 106 valence electrons. The van der Waals surface area contributed by atoms with Crippen molar-refractivity contribution in [2.45, 2.75) is 37.8 Å². The Morgan fingerprint density at radius 2 is 2.10 bits per heavy atom. The number of hydrogen-bond acceptors (Lipinski definition) is 4. The zero-order valence-corrected chi connectivity index (χ0v) is 12.5. The molecule has 2 aromatic rings. The molecule has 1 heterocycles. The van der Waals surface area contributed by atoms with Crippen LogP contribution in [0.5, 0.6) is 0 Å². The number of nitrogens with zero attached hydrogens (tertiary/aromatic N) is 1. The van der Waals surface area contributed by atoms with Gasteiger partial charge in [-0.1, -0.05) is 12.1 Å². The number of rotatable bonds is 4. The Morgan fingerprint density at radius 1 is 1.25 bits per heavy atom. The molecule has 1 aliphatic carbocycles. The first-order valence-corrected chi connectivity index (χ1v) is 8.02. The second kappa shape index (κ2) is 6.37. The van der Waals surface area contributed by atoms with E-state index >= 15 is 0 Å². The van der Waals surface area contributed by atoms with Crippen LogP contribution in [0.2, 0.25) is 0 Å². The fraction of sp³-hybridized carbons (Fsp3) is 0.438. The lowest BCUT2D eigenvalue weighted by Crippen LogP contribution is -2.29. The third-order valence-electron chi connectivity index (χ3n) is 3.92. The molecule has 0 aliphatic heterocycles. The number of thiazole rings is 1. The number of hydrogen-bond donors (Lipinski definition) is 1. The molecule has 1 aromatic heterocycles. The second-order valence-electron chi connectivity index (χ2n) is 5.27. The molecular weight excluding hydrogens is 268 g/mol. The molecule has 0 amide bonds. The van der Waals surface area contributed by atoms with Gasteiger partial charge in [0.15, 0.2) is 0 Å². The highest BCUT2D eigenvalue weighted by Gasteiger charge is 2.20. The number of ether oxygens (including phenoxy) is 1. The van der Waals surface area contributed by atoms with Gasteiger partial charge in [-0.2, -0.15) is 0 Å². The van der Waals surface area contributed by atoms with Crippen molar-refractivity contribution >= 4 is 17.0 Å². The Morgan fingerprint density at radius 3 is 2.80 bits per heavy atom. The largest absolute Gasteiger partial charge is 0.382 e. The van der Waals surface area contributed by atoms with Gasteiger partial charge in [-0.15, -0.1) is 11.3 Å². The lowest BCUT2D eigenvalue weighted by atomic mass is 9.93. The van der Waals surface area contributed by atoms with Gasteiger partial charge in [0.05, 0.1) is 6.10 Å². The summed E-state index contributed by atoms with van der Waals surface area (Å²) in [6.45, 7) is 0. The van der Waals surface area contributed by atoms with Crippen LogP contribution in [-0.4, -0.2) is 24.2 Å². The van der Waals surface area contributed by atoms with E-state index in [1.54, 1.807) is 11.3 Å². The summed E-state index contributed by atoms with van der Waals surface area (Å²) < 4.78 is 5.42. The number of methoxy groups -OCH3 is 1. The zero-order chi connectivity index (χ0) is 13.8. The van der Waals surface area contributed by atoms with Crippen molar-refractivity contribution in [1.82, 2.24) is 4.98 Å². The molecule has 3 nitrogen and oxygen atoms in total. The molecule has 0 saturated heterocycles. The van der Waals surface area contributed by atoms with Gasteiger partial charge in [0.1, 0.15) is 5.01 Å². The van der Waals surface area contributed by atoms with Crippen LogP contribution >= 0.6 is 11.3 Å². The monoisotopic (exact) mass is 288 g/mol. The van der Waals surface area contributed by atoms with Crippen LogP contribution in [0.4, 0.5) is 5.69 Å². The summed E-state index contributed by atoms with van der Waals surface area (Å²) in [4.78, 5) is 4.37. The van der Waals surface area contributed by atoms with Gasteiger partial charge in [-0.3, -0.25) is 0 Å². The fourth-order valence-corrected chi connectivity index (χ4v) is 3.42. The molecule has 4 heteroatoms. The van der Waals surface area contributed by atoms with Gasteiger partial charge in [-0.05, 0) is 37.8 Å². The molecule has 0 atom stereocenters. The first kappa shape index (κ1) is 13.6. The summed E-state index contributed by atoms with van der Waals surface area (Å²) in [6, 6.07) is 9.11. The Balaban J connectivity index is 1.65. The molecule has 0 unspecified atom stereocenters. The first-order chi connectivity index (χ1) is 9.85. The maximum atomic E-state index is 5.42. The molecule has 1 N–H and O–H groups in total. The average molecular weight is 288 g/mol. The van der Waals surface area contributed by atoms with Crippen molar-refractivity contribution < 1.29 is 4.74 Å². The molecule has 1 saturated carbocycles. The quantitative estimate of drug-likeness (QED) is 0.916. The predicted molar refractivity (Wildman–Crippen MR) is 84.2 cm³/mol. The van der Waals surface area contributed by atoms with Crippen molar-refractivity contribution in [3.8, 4) is 10.6 Å². The van der Waals surface area contributed by atoms with E-state index in [9.17, 15) is 0 Å². The second-order valence-corrected chi connectivity index (χ2v) is 6.17. The Hall–Kier alpha value is -1.39. The lowest BCUT2D eigenvalue weighted by molar-refractivity contribution is 0.0682. The van der Waals surface area contributed by atoms with E-state index in [2.05, 4.69) is 34.6 Å². The highest BCUT2D eigenvalue weighted by Crippen LogP contribution is 2.27. The molecule has 1 aliphatic rings. The van der Waals surface area contributed by atoms with Crippen molar-refractivity contribution in [2.75, 3.05) is 12.4 Å². The molecule has 0 spiro atoms. The maximum Gasteiger partial charge on any atom is 0.123 e. The molecule has 1 aromatic carbocycles. The SMILES string of the molecule is COC1CCC(Nc2cccc(-c3nccs3)c2)CC1. The van der Waals surface area contributed by atoms with Crippen LogP contribution in [0, 0.1) is 0 Å². The first-order valence-electron chi connectivity index (χ1n) is 7.14. The summed E-state index contributed by atoms with van der Waals surface area (Å²) in [5.74, 6) is 0. The van der Waals surface area contributed by atoms with Crippen LogP contribution in [0.1, 0.15) is 25.7 Å². The normalized spacial score (nSPS) is 22.6. The summed E-state index contributed by atoms with van der Waals surface area (Å²) in [5.41, 5.74) is 2.38. The van der Waals surface area contributed by atoms with E-state index in [1.165, 1.54) is 24.1 Å². The average Bonchev–Trinajstić information content (AvgIpc) is 3.03. The smallest absolute Gasteiger partial charge is 0.123 e.